The first-order valence-corrected chi connectivity index (χ1v) is 6.82. The molecule has 0 bridgehead atoms. The fourth-order valence-corrected chi connectivity index (χ4v) is 2.06. The van der Waals surface area contributed by atoms with Crippen molar-refractivity contribution in [2.75, 3.05) is 11.9 Å². The fraction of sp³-hybridized carbons (Fsp3) is 0.333. The summed E-state index contributed by atoms with van der Waals surface area (Å²) in [6.45, 7) is 2.01. The molecule has 1 aromatic carbocycles. The van der Waals surface area contributed by atoms with E-state index in [4.69, 9.17) is 0 Å². The van der Waals surface area contributed by atoms with Crippen LogP contribution in [0.15, 0.2) is 36.7 Å². The molecule has 6 nitrogen and oxygen atoms in total. The number of hydrogen-bond donors (Lipinski definition) is 3. The number of carbonyl (C=O) groups excluding carboxylic acids is 1. The molecule has 2 rings (SSSR count). The number of amides is 2. The maximum absolute atomic E-state index is 12.0. The molecule has 0 saturated heterocycles. The lowest BCUT2D eigenvalue weighted by atomic mass is 10.0. The Bertz CT molecular complexity index is 592. The Balaban J connectivity index is 2.01. The Kier molecular flexibility index (Phi) is 4.94. The van der Waals surface area contributed by atoms with E-state index in [1.165, 1.54) is 0 Å². The molecular weight excluding hydrogens is 268 g/mol. The van der Waals surface area contributed by atoms with Crippen molar-refractivity contribution in [3.05, 3.63) is 47.8 Å². The monoisotopic (exact) mass is 288 g/mol. The Morgan fingerprint density at radius 3 is 2.67 bits per heavy atom. The van der Waals surface area contributed by atoms with Crippen LogP contribution < -0.4 is 10.6 Å². The molecule has 6 heteroatoms. The normalized spacial score (nSPS) is 12.0. The summed E-state index contributed by atoms with van der Waals surface area (Å²) < 4.78 is 1.61. The number of benzene rings is 1. The summed E-state index contributed by atoms with van der Waals surface area (Å²) in [5.41, 5.74) is 2.75. The molecule has 2 aromatic rings. The average Bonchev–Trinajstić information content (AvgIpc) is 2.84. The molecule has 21 heavy (non-hydrogen) atoms. The zero-order valence-electron chi connectivity index (χ0n) is 12.2. The summed E-state index contributed by atoms with van der Waals surface area (Å²) in [6, 6.07) is 7.34. The Labute approximate surface area is 123 Å². The van der Waals surface area contributed by atoms with Crippen LogP contribution in [0, 0.1) is 6.92 Å². The second kappa shape index (κ2) is 6.90. The molecule has 1 aromatic heterocycles. The van der Waals surface area contributed by atoms with Gasteiger partial charge < -0.3 is 15.7 Å². The highest BCUT2D eigenvalue weighted by atomic mass is 16.3. The predicted octanol–water partition coefficient (Wildman–Crippen LogP) is 1.97. The van der Waals surface area contributed by atoms with Gasteiger partial charge in [-0.1, -0.05) is 29.8 Å². The minimum atomic E-state index is -0.318. The number of nitrogens with zero attached hydrogens (tertiary/aromatic N) is 2. The van der Waals surface area contributed by atoms with Crippen LogP contribution in [0.25, 0.3) is 0 Å². The van der Waals surface area contributed by atoms with E-state index in [1.807, 2.05) is 31.2 Å². The zero-order valence-corrected chi connectivity index (χ0v) is 12.2. The number of rotatable bonds is 5. The second-order valence-corrected chi connectivity index (χ2v) is 4.98. The third-order valence-corrected chi connectivity index (χ3v) is 3.17. The molecule has 0 radical (unpaired) electrons. The number of carbonyl (C=O) groups is 1. The van der Waals surface area contributed by atoms with E-state index in [0.717, 1.165) is 11.1 Å². The van der Waals surface area contributed by atoms with Crippen LogP contribution >= 0.6 is 0 Å². The Morgan fingerprint density at radius 1 is 1.38 bits per heavy atom. The van der Waals surface area contributed by atoms with Crippen LogP contribution in [0.5, 0.6) is 0 Å². The van der Waals surface area contributed by atoms with Crippen LogP contribution in [0.4, 0.5) is 10.5 Å². The largest absolute Gasteiger partial charge is 0.396 e. The van der Waals surface area contributed by atoms with Crippen molar-refractivity contribution in [1.82, 2.24) is 15.1 Å². The summed E-state index contributed by atoms with van der Waals surface area (Å²) in [4.78, 5) is 12.0. The molecule has 2 amide bonds. The van der Waals surface area contributed by atoms with E-state index in [0.29, 0.717) is 12.1 Å². The van der Waals surface area contributed by atoms with Crippen molar-refractivity contribution in [3.8, 4) is 0 Å². The first kappa shape index (κ1) is 15.1. The molecule has 1 atom stereocenters. The number of nitrogens with one attached hydrogen (secondary N) is 2. The van der Waals surface area contributed by atoms with Crippen LogP contribution in [0.1, 0.15) is 23.6 Å². The average molecular weight is 288 g/mol. The van der Waals surface area contributed by atoms with Crippen LogP contribution in [-0.2, 0) is 7.05 Å². The van der Waals surface area contributed by atoms with Crippen molar-refractivity contribution in [3.63, 3.8) is 0 Å². The zero-order chi connectivity index (χ0) is 15.2. The second-order valence-electron chi connectivity index (χ2n) is 4.98. The van der Waals surface area contributed by atoms with Crippen molar-refractivity contribution < 1.29 is 9.90 Å². The quantitative estimate of drug-likeness (QED) is 0.787. The molecule has 3 N–H and O–H groups in total. The fourth-order valence-electron chi connectivity index (χ4n) is 2.06. The molecule has 0 aliphatic rings. The van der Waals surface area contributed by atoms with Gasteiger partial charge in [0.25, 0.3) is 0 Å². The molecule has 0 unspecified atom stereocenters. The van der Waals surface area contributed by atoms with E-state index in [9.17, 15) is 9.90 Å². The number of urea groups is 1. The van der Waals surface area contributed by atoms with Crippen molar-refractivity contribution in [2.45, 2.75) is 19.4 Å². The number of aryl methyl sites for hydroxylation is 2. The lowest BCUT2D eigenvalue weighted by molar-refractivity contribution is 0.239. The van der Waals surface area contributed by atoms with E-state index in [-0.39, 0.29) is 18.7 Å². The van der Waals surface area contributed by atoms with E-state index < -0.39 is 0 Å². The molecule has 0 spiro atoms. The van der Waals surface area contributed by atoms with Crippen molar-refractivity contribution >= 4 is 11.7 Å². The predicted molar refractivity (Wildman–Crippen MR) is 81.0 cm³/mol. The molecule has 0 saturated carbocycles. The summed E-state index contributed by atoms with van der Waals surface area (Å²) in [6.07, 6.45) is 3.75. The molecule has 112 valence electrons. The molecule has 1 heterocycles. The highest BCUT2D eigenvalue weighted by Crippen LogP contribution is 2.17. The summed E-state index contributed by atoms with van der Waals surface area (Å²) >= 11 is 0. The van der Waals surface area contributed by atoms with Gasteiger partial charge in [-0.2, -0.15) is 5.10 Å². The van der Waals surface area contributed by atoms with Gasteiger partial charge in [0.05, 0.1) is 17.9 Å². The van der Waals surface area contributed by atoms with Gasteiger partial charge in [0.2, 0.25) is 0 Å². The SMILES string of the molecule is Cc1ccc([C@@H](CCO)NC(=O)Nc2cnn(C)c2)cc1. The van der Waals surface area contributed by atoms with Gasteiger partial charge in [0.1, 0.15) is 0 Å². The number of aromatic nitrogens is 2. The first-order chi connectivity index (χ1) is 10.1. The van der Waals surface area contributed by atoms with Crippen molar-refractivity contribution in [2.24, 2.45) is 7.05 Å². The lowest BCUT2D eigenvalue weighted by Crippen LogP contribution is -2.33. The van der Waals surface area contributed by atoms with E-state index in [2.05, 4.69) is 15.7 Å². The molecular formula is C15H20N4O2. The topological polar surface area (TPSA) is 79.2 Å². The molecule has 0 aliphatic carbocycles. The lowest BCUT2D eigenvalue weighted by Gasteiger charge is -2.18. The van der Waals surface area contributed by atoms with Gasteiger partial charge in [-0.05, 0) is 18.9 Å². The minimum Gasteiger partial charge on any atom is -0.396 e. The summed E-state index contributed by atoms with van der Waals surface area (Å²) in [7, 11) is 1.78. The molecule has 0 aliphatic heterocycles. The maximum Gasteiger partial charge on any atom is 0.319 e. The van der Waals surface area contributed by atoms with Gasteiger partial charge >= 0.3 is 6.03 Å². The summed E-state index contributed by atoms with van der Waals surface area (Å²) in [5.74, 6) is 0. The van der Waals surface area contributed by atoms with Crippen LogP contribution in [0.2, 0.25) is 0 Å². The van der Waals surface area contributed by atoms with E-state index in [1.54, 1.807) is 24.1 Å². The number of aliphatic hydroxyl groups excluding tert-OH is 1. The van der Waals surface area contributed by atoms with Crippen LogP contribution in [0.3, 0.4) is 0 Å². The number of hydrogen-bond acceptors (Lipinski definition) is 3. The van der Waals surface area contributed by atoms with Crippen LogP contribution in [-0.4, -0.2) is 27.5 Å². The smallest absolute Gasteiger partial charge is 0.319 e. The standard InChI is InChI=1S/C15H20N4O2/c1-11-3-5-12(6-4-11)14(7-8-20)18-15(21)17-13-9-16-19(2)10-13/h3-6,9-10,14,20H,7-8H2,1-2H3,(H2,17,18,21)/t14-/m1/s1. The van der Waals surface area contributed by atoms with Gasteiger partial charge in [0, 0.05) is 19.9 Å². The van der Waals surface area contributed by atoms with E-state index >= 15 is 0 Å². The third kappa shape index (κ3) is 4.32. The highest BCUT2D eigenvalue weighted by Gasteiger charge is 2.14. The maximum atomic E-state index is 12.0. The highest BCUT2D eigenvalue weighted by molar-refractivity contribution is 5.89. The Morgan fingerprint density at radius 2 is 2.10 bits per heavy atom. The molecule has 0 fully saturated rings. The number of anilines is 1. The Hall–Kier alpha value is -2.34. The summed E-state index contributed by atoms with van der Waals surface area (Å²) in [5, 5.41) is 18.7. The number of aliphatic hydroxyl groups is 1. The van der Waals surface area contributed by atoms with Gasteiger partial charge in [-0.15, -0.1) is 0 Å². The van der Waals surface area contributed by atoms with Gasteiger partial charge in [-0.25, -0.2) is 4.79 Å². The van der Waals surface area contributed by atoms with Gasteiger partial charge in [0.15, 0.2) is 0 Å². The first-order valence-electron chi connectivity index (χ1n) is 6.82. The van der Waals surface area contributed by atoms with Crippen molar-refractivity contribution in [1.29, 1.82) is 0 Å². The third-order valence-electron chi connectivity index (χ3n) is 3.17. The minimum absolute atomic E-state index is 0.00567. The van der Waals surface area contributed by atoms with Gasteiger partial charge in [-0.3, -0.25) is 4.68 Å².